The molecule has 3 aromatic carbocycles. The standard InChI is InChI=1S/C23H19ClFNO4/c1-30-21-8-3-2-7-19(21)15-5-4-6-16(11-15)23(29)26(14-22(27)28)13-17-9-10-18(25)12-20(17)24/h2-12H,13-14H2,1H3,(H,27,28). The Hall–Kier alpha value is -3.38. The number of carbonyl (C=O) groups is 2. The van der Waals surface area contributed by atoms with Crippen molar-refractivity contribution in [3.8, 4) is 16.9 Å². The van der Waals surface area contributed by atoms with Crippen molar-refractivity contribution in [2.24, 2.45) is 0 Å². The van der Waals surface area contributed by atoms with E-state index in [9.17, 15) is 19.1 Å². The highest BCUT2D eigenvalue weighted by molar-refractivity contribution is 6.31. The minimum absolute atomic E-state index is 0.0663. The van der Waals surface area contributed by atoms with Crippen LogP contribution in [0.1, 0.15) is 15.9 Å². The van der Waals surface area contributed by atoms with Crippen molar-refractivity contribution < 1.29 is 23.8 Å². The van der Waals surface area contributed by atoms with Gasteiger partial charge in [-0.15, -0.1) is 0 Å². The van der Waals surface area contributed by atoms with Crippen molar-refractivity contribution in [1.82, 2.24) is 4.90 Å². The van der Waals surface area contributed by atoms with Gasteiger partial charge in [0, 0.05) is 22.7 Å². The van der Waals surface area contributed by atoms with Crippen molar-refractivity contribution in [3.63, 3.8) is 0 Å². The van der Waals surface area contributed by atoms with Crippen LogP contribution in [-0.4, -0.2) is 35.5 Å². The predicted octanol–water partition coefficient (Wildman–Crippen LogP) is 4.88. The molecule has 3 rings (SSSR count). The molecule has 0 saturated heterocycles. The lowest BCUT2D eigenvalue weighted by atomic mass is 10.0. The highest BCUT2D eigenvalue weighted by Crippen LogP contribution is 2.30. The summed E-state index contributed by atoms with van der Waals surface area (Å²) in [4.78, 5) is 25.6. The third-order valence-electron chi connectivity index (χ3n) is 4.52. The average Bonchev–Trinajstić information content (AvgIpc) is 2.74. The molecule has 5 nitrogen and oxygen atoms in total. The summed E-state index contributed by atoms with van der Waals surface area (Å²) in [5, 5.41) is 9.39. The number of rotatable bonds is 7. The van der Waals surface area contributed by atoms with Gasteiger partial charge in [-0.3, -0.25) is 9.59 Å². The first-order chi connectivity index (χ1) is 14.4. The zero-order valence-electron chi connectivity index (χ0n) is 16.1. The number of hydrogen-bond donors (Lipinski definition) is 1. The molecule has 3 aromatic rings. The molecule has 0 atom stereocenters. The molecule has 154 valence electrons. The summed E-state index contributed by atoms with van der Waals surface area (Å²) in [6.07, 6.45) is 0. The van der Waals surface area contributed by atoms with E-state index in [0.29, 0.717) is 16.9 Å². The van der Waals surface area contributed by atoms with E-state index in [-0.39, 0.29) is 11.6 Å². The summed E-state index contributed by atoms with van der Waals surface area (Å²) < 4.78 is 18.7. The van der Waals surface area contributed by atoms with Crippen LogP contribution in [0.5, 0.6) is 5.75 Å². The molecule has 0 aliphatic carbocycles. The monoisotopic (exact) mass is 427 g/mol. The average molecular weight is 428 g/mol. The van der Waals surface area contributed by atoms with Crippen molar-refractivity contribution >= 4 is 23.5 Å². The molecular weight excluding hydrogens is 409 g/mol. The van der Waals surface area contributed by atoms with Crippen molar-refractivity contribution in [2.45, 2.75) is 6.54 Å². The molecular formula is C23H19ClFNO4. The molecule has 0 aromatic heterocycles. The van der Waals surface area contributed by atoms with Crippen molar-refractivity contribution in [2.75, 3.05) is 13.7 Å². The number of hydrogen-bond acceptors (Lipinski definition) is 3. The fourth-order valence-electron chi connectivity index (χ4n) is 3.10. The van der Waals surface area contributed by atoms with Crippen LogP contribution in [0, 0.1) is 5.82 Å². The first-order valence-electron chi connectivity index (χ1n) is 9.07. The first-order valence-corrected chi connectivity index (χ1v) is 9.45. The molecule has 0 aliphatic heterocycles. The zero-order valence-corrected chi connectivity index (χ0v) is 16.9. The number of amides is 1. The minimum Gasteiger partial charge on any atom is -0.496 e. The molecule has 0 spiro atoms. The third-order valence-corrected chi connectivity index (χ3v) is 4.87. The van der Waals surface area contributed by atoms with Crippen LogP contribution in [-0.2, 0) is 11.3 Å². The van der Waals surface area contributed by atoms with E-state index in [1.807, 2.05) is 30.3 Å². The zero-order chi connectivity index (χ0) is 21.7. The molecule has 0 saturated carbocycles. The first kappa shape index (κ1) is 21.3. The second-order valence-corrected chi connectivity index (χ2v) is 6.98. The lowest BCUT2D eigenvalue weighted by Crippen LogP contribution is -2.35. The molecule has 0 heterocycles. The van der Waals surface area contributed by atoms with Gasteiger partial charge in [-0.05, 0) is 41.5 Å². The Morgan fingerprint density at radius 3 is 2.53 bits per heavy atom. The minimum atomic E-state index is -1.16. The highest BCUT2D eigenvalue weighted by atomic mass is 35.5. The van der Waals surface area contributed by atoms with Gasteiger partial charge in [0.15, 0.2) is 0 Å². The van der Waals surface area contributed by atoms with Gasteiger partial charge < -0.3 is 14.7 Å². The Balaban J connectivity index is 1.94. The van der Waals surface area contributed by atoms with E-state index in [0.717, 1.165) is 22.1 Å². The maximum Gasteiger partial charge on any atom is 0.323 e. The molecule has 7 heteroatoms. The second kappa shape index (κ2) is 9.41. The van der Waals surface area contributed by atoms with Gasteiger partial charge in [0.2, 0.25) is 0 Å². The summed E-state index contributed by atoms with van der Waals surface area (Å²) in [6.45, 7) is -0.589. The van der Waals surface area contributed by atoms with Gasteiger partial charge in [-0.25, -0.2) is 4.39 Å². The molecule has 0 unspecified atom stereocenters. The topological polar surface area (TPSA) is 66.8 Å². The Morgan fingerprint density at radius 2 is 1.83 bits per heavy atom. The molecule has 1 N–H and O–H groups in total. The Morgan fingerprint density at radius 1 is 1.07 bits per heavy atom. The Labute approximate surface area is 178 Å². The lowest BCUT2D eigenvalue weighted by Gasteiger charge is -2.22. The van der Waals surface area contributed by atoms with E-state index in [2.05, 4.69) is 0 Å². The van der Waals surface area contributed by atoms with Gasteiger partial charge in [0.1, 0.15) is 18.1 Å². The largest absolute Gasteiger partial charge is 0.496 e. The molecule has 30 heavy (non-hydrogen) atoms. The van der Waals surface area contributed by atoms with Gasteiger partial charge >= 0.3 is 5.97 Å². The lowest BCUT2D eigenvalue weighted by molar-refractivity contribution is -0.137. The van der Waals surface area contributed by atoms with E-state index in [1.54, 1.807) is 25.3 Å². The molecule has 0 fully saturated rings. The summed E-state index contributed by atoms with van der Waals surface area (Å²) >= 11 is 6.06. The maximum absolute atomic E-state index is 13.3. The second-order valence-electron chi connectivity index (χ2n) is 6.57. The van der Waals surface area contributed by atoms with Gasteiger partial charge in [0.05, 0.1) is 7.11 Å². The number of halogens is 2. The van der Waals surface area contributed by atoms with E-state index >= 15 is 0 Å². The molecule has 0 bridgehead atoms. The third kappa shape index (κ3) is 4.96. The van der Waals surface area contributed by atoms with E-state index in [4.69, 9.17) is 16.3 Å². The van der Waals surface area contributed by atoms with Crippen LogP contribution in [0.4, 0.5) is 4.39 Å². The fourth-order valence-corrected chi connectivity index (χ4v) is 3.33. The number of ether oxygens (including phenoxy) is 1. The van der Waals surface area contributed by atoms with Gasteiger partial charge in [-0.2, -0.15) is 0 Å². The summed E-state index contributed by atoms with van der Waals surface area (Å²) in [7, 11) is 1.56. The number of methoxy groups -OCH3 is 1. The quantitative estimate of drug-likeness (QED) is 0.583. The Bertz CT molecular complexity index is 1090. The SMILES string of the molecule is COc1ccccc1-c1cccc(C(=O)N(CC(=O)O)Cc2ccc(F)cc2Cl)c1. The smallest absolute Gasteiger partial charge is 0.323 e. The molecule has 0 aliphatic rings. The maximum atomic E-state index is 13.3. The van der Waals surface area contributed by atoms with Crippen LogP contribution < -0.4 is 4.74 Å². The fraction of sp³-hybridized carbons (Fsp3) is 0.130. The van der Waals surface area contributed by atoms with Gasteiger partial charge in [-0.1, -0.05) is 48.0 Å². The van der Waals surface area contributed by atoms with E-state index in [1.165, 1.54) is 12.1 Å². The summed E-state index contributed by atoms with van der Waals surface area (Å²) in [6, 6.07) is 18.0. The number of carboxylic acid groups (broad SMARTS) is 1. The summed E-state index contributed by atoms with van der Waals surface area (Å²) in [5.41, 5.74) is 2.33. The van der Waals surface area contributed by atoms with Crippen LogP contribution >= 0.6 is 11.6 Å². The number of carboxylic acids is 1. The molecule has 1 amide bonds. The van der Waals surface area contributed by atoms with Crippen LogP contribution in [0.25, 0.3) is 11.1 Å². The highest BCUT2D eigenvalue weighted by Gasteiger charge is 2.21. The normalized spacial score (nSPS) is 10.5. The Kier molecular flexibility index (Phi) is 6.69. The van der Waals surface area contributed by atoms with Crippen molar-refractivity contribution in [3.05, 3.63) is 88.7 Å². The molecule has 0 radical (unpaired) electrons. The van der Waals surface area contributed by atoms with Crippen LogP contribution in [0.2, 0.25) is 5.02 Å². The van der Waals surface area contributed by atoms with E-state index < -0.39 is 24.2 Å². The number of nitrogens with zero attached hydrogens (tertiary/aromatic N) is 1. The summed E-state index contributed by atoms with van der Waals surface area (Å²) in [5.74, 6) is -1.50. The number of carbonyl (C=O) groups excluding carboxylic acids is 1. The number of aliphatic carboxylic acids is 1. The van der Waals surface area contributed by atoms with Gasteiger partial charge in [0.25, 0.3) is 5.91 Å². The van der Waals surface area contributed by atoms with Crippen LogP contribution in [0.3, 0.4) is 0 Å². The number of benzene rings is 3. The predicted molar refractivity (Wildman–Crippen MR) is 112 cm³/mol. The van der Waals surface area contributed by atoms with Crippen LogP contribution in [0.15, 0.2) is 66.7 Å². The number of para-hydroxylation sites is 1. The van der Waals surface area contributed by atoms with Crippen molar-refractivity contribution in [1.29, 1.82) is 0 Å².